The first-order valence-corrected chi connectivity index (χ1v) is 8.17. The zero-order valence-corrected chi connectivity index (χ0v) is 14.7. The van der Waals surface area contributed by atoms with Crippen LogP contribution in [0.3, 0.4) is 0 Å². The van der Waals surface area contributed by atoms with Gasteiger partial charge in [0.15, 0.2) is 0 Å². The van der Waals surface area contributed by atoms with Crippen LogP contribution in [0.4, 0.5) is 4.79 Å². The van der Waals surface area contributed by atoms with Gasteiger partial charge in [0, 0.05) is 18.5 Å². The third-order valence-corrected chi connectivity index (χ3v) is 3.92. The number of hydrogen-bond donors (Lipinski definition) is 2. The van der Waals surface area contributed by atoms with E-state index >= 15 is 0 Å². The van der Waals surface area contributed by atoms with Gasteiger partial charge in [0.1, 0.15) is 11.4 Å². The molecule has 2 N–H and O–H groups in total. The van der Waals surface area contributed by atoms with Gasteiger partial charge in [-0.1, -0.05) is 18.2 Å². The highest BCUT2D eigenvalue weighted by molar-refractivity contribution is 5.75. The number of amides is 2. The van der Waals surface area contributed by atoms with Gasteiger partial charge in [-0.25, -0.2) is 4.79 Å². The largest absolute Gasteiger partial charge is 0.487 e. The molecule has 1 aromatic rings. The van der Waals surface area contributed by atoms with Crippen molar-refractivity contribution >= 4 is 6.03 Å². The molecule has 5 heteroatoms. The summed E-state index contributed by atoms with van der Waals surface area (Å²) < 4.78 is 5.99. The standard InChI is InChI=1S/C18H28N2O3/c1-6-20(12-17(2,3)22)16(21)19-14-11-18(4,5)23-15-10-8-7-9-13(14)15/h7-10,14,22H,6,11-12H2,1-5H3,(H,19,21). The Balaban J connectivity index is 2.17. The fraction of sp³-hybridized carbons (Fsp3) is 0.611. The molecule has 1 atom stereocenters. The van der Waals surface area contributed by atoms with Gasteiger partial charge in [0.25, 0.3) is 0 Å². The summed E-state index contributed by atoms with van der Waals surface area (Å²) in [4.78, 5) is 14.2. The monoisotopic (exact) mass is 320 g/mol. The van der Waals surface area contributed by atoms with E-state index in [9.17, 15) is 9.90 Å². The number of aliphatic hydroxyl groups is 1. The lowest BCUT2D eigenvalue weighted by molar-refractivity contribution is 0.0438. The second kappa shape index (κ2) is 6.40. The van der Waals surface area contributed by atoms with E-state index in [1.807, 2.05) is 45.0 Å². The Labute approximate surface area is 138 Å². The Morgan fingerprint density at radius 1 is 1.43 bits per heavy atom. The number of benzene rings is 1. The number of ether oxygens (including phenoxy) is 1. The molecule has 128 valence electrons. The topological polar surface area (TPSA) is 61.8 Å². The first-order valence-electron chi connectivity index (χ1n) is 8.17. The fourth-order valence-corrected chi connectivity index (χ4v) is 2.97. The number of hydrogen-bond acceptors (Lipinski definition) is 3. The molecule has 0 aromatic heterocycles. The maximum Gasteiger partial charge on any atom is 0.317 e. The van der Waals surface area contributed by atoms with Crippen molar-refractivity contribution in [3.05, 3.63) is 29.8 Å². The van der Waals surface area contributed by atoms with E-state index in [1.165, 1.54) is 0 Å². The van der Waals surface area contributed by atoms with Gasteiger partial charge in [0.05, 0.1) is 18.2 Å². The van der Waals surface area contributed by atoms with Crippen LogP contribution in [0.5, 0.6) is 5.75 Å². The summed E-state index contributed by atoms with van der Waals surface area (Å²) in [6, 6.07) is 7.55. The Kier molecular flexibility index (Phi) is 4.90. The first-order chi connectivity index (χ1) is 10.6. The fourth-order valence-electron chi connectivity index (χ4n) is 2.97. The van der Waals surface area contributed by atoms with Crippen molar-refractivity contribution < 1.29 is 14.6 Å². The Bertz CT molecular complexity index is 564. The van der Waals surface area contributed by atoms with E-state index in [4.69, 9.17) is 4.74 Å². The van der Waals surface area contributed by atoms with Gasteiger partial charge >= 0.3 is 6.03 Å². The smallest absolute Gasteiger partial charge is 0.317 e. The Hall–Kier alpha value is -1.75. The van der Waals surface area contributed by atoms with Crippen LogP contribution in [-0.4, -0.2) is 40.3 Å². The number of nitrogens with one attached hydrogen (secondary N) is 1. The number of rotatable bonds is 4. The van der Waals surface area contributed by atoms with Crippen LogP contribution >= 0.6 is 0 Å². The third kappa shape index (κ3) is 4.61. The lowest BCUT2D eigenvalue weighted by Gasteiger charge is -2.39. The predicted molar refractivity (Wildman–Crippen MR) is 90.6 cm³/mol. The number of para-hydroxylation sites is 1. The van der Waals surface area contributed by atoms with E-state index in [1.54, 1.807) is 18.7 Å². The highest BCUT2D eigenvalue weighted by Gasteiger charge is 2.35. The quantitative estimate of drug-likeness (QED) is 0.896. The molecule has 2 rings (SSSR count). The minimum Gasteiger partial charge on any atom is -0.487 e. The molecule has 1 heterocycles. The molecule has 23 heavy (non-hydrogen) atoms. The molecule has 1 aliphatic rings. The summed E-state index contributed by atoms with van der Waals surface area (Å²) in [5.74, 6) is 0.819. The van der Waals surface area contributed by atoms with Crippen LogP contribution in [0.15, 0.2) is 24.3 Å². The summed E-state index contributed by atoms with van der Waals surface area (Å²) in [5.41, 5.74) is -0.251. The molecule has 1 unspecified atom stereocenters. The van der Waals surface area contributed by atoms with E-state index in [-0.39, 0.29) is 17.7 Å². The van der Waals surface area contributed by atoms with Crippen LogP contribution in [0.1, 0.15) is 52.6 Å². The molecule has 0 fully saturated rings. The molecule has 0 spiro atoms. The van der Waals surface area contributed by atoms with Gasteiger partial charge in [-0.05, 0) is 40.7 Å². The van der Waals surface area contributed by atoms with Gasteiger partial charge in [-0.2, -0.15) is 0 Å². The van der Waals surface area contributed by atoms with Crippen molar-refractivity contribution in [2.75, 3.05) is 13.1 Å². The number of carbonyl (C=O) groups is 1. The van der Waals surface area contributed by atoms with Crippen molar-refractivity contribution in [2.45, 2.75) is 58.3 Å². The van der Waals surface area contributed by atoms with Crippen molar-refractivity contribution in [1.29, 1.82) is 0 Å². The lowest BCUT2D eigenvalue weighted by atomic mass is 9.90. The second-order valence-corrected chi connectivity index (χ2v) is 7.43. The molecule has 1 aliphatic heterocycles. The highest BCUT2D eigenvalue weighted by Crippen LogP contribution is 2.39. The minimum atomic E-state index is -0.916. The third-order valence-electron chi connectivity index (χ3n) is 3.92. The normalized spacial score (nSPS) is 19.5. The van der Waals surface area contributed by atoms with Crippen LogP contribution in [0.25, 0.3) is 0 Å². The molecule has 0 saturated carbocycles. The molecule has 0 aliphatic carbocycles. The minimum absolute atomic E-state index is 0.0988. The molecule has 5 nitrogen and oxygen atoms in total. The number of carbonyl (C=O) groups excluding carboxylic acids is 1. The van der Waals surface area contributed by atoms with Gasteiger partial charge in [-0.3, -0.25) is 0 Å². The molecule has 0 saturated heterocycles. The van der Waals surface area contributed by atoms with E-state index in [0.29, 0.717) is 19.5 Å². The maximum atomic E-state index is 12.6. The van der Waals surface area contributed by atoms with Crippen molar-refractivity contribution in [3.8, 4) is 5.75 Å². The zero-order chi connectivity index (χ0) is 17.3. The molecular formula is C18H28N2O3. The number of urea groups is 1. The summed E-state index contributed by atoms with van der Waals surface area (Å²) in [6.07, 6.45) is 0.704. The predicted octanol–water partition coefficient (Wildman–Crippen LogP) is 3.09. The Morgan fingerprint density at radius 3 is 2.70 bits per heavy atom. The molecular weight excluding hydrogens is 292 g/mol. The summed E-state index contributed by atoms with van der Waals surface area (Å²) in [7, 11) is 0. The average Bonchev–Trinajstić information content (AvgIpc) is 2.42. The summed E-state index contributed by atoms with van der Waals surface area (Å²) in [6.45, 7) is 10.2. The van der Waals surface area contributed by atoms with Crippen LogP contribution in [0, 0.1) is 0 Å². The van der Waals surface area contributed by atoms with Crippen molar-refractivity contribution in [1.82, 2.24) is 10.2 Å². The van der Waals surface area contributed by atoms with Gasteiger partial charge < -0.3 is 20.1 Å². The maximum absolute atomic E-state index is 12.6. The van der Waals surface area contributed by atoms with Crippen LogP contribution in [-0.2, 0) is 0 Å². The van der Waals surface area contributed by atoms with Gasteiger partial charge in [-0.15, -0.1) is 0 Å². The van der Waals surface area contributed by atoms with Crippen molar-refractivity contribution in [2.24, 2.45) is 0 Å². The summed E-state index contributed by atoms with van der Waals surface area (Å²) >= 11 is 0. The van der Waals surface area contributed by atoms with E-state index in [0.717, 1.165) is 11.3 Å². The van der Waals surface area contributed by atoms with E-state index < -0.39 is 5.60 Å². The van der Waals surface area contributed by atoms with Crippen LogP contribution < -0.4 is 10.1 Å². The first kappa shape index (κ1) is 17.6. The van der Waals surface area contributed by atoms with E-state index in [2.05, 4.69) is 5.32 Å². The highest BCUT2D eigenvalue weighted by atomic mass is 16.5. The van der Waals surface area contributed by atoms with Crippen molar-refractivity contribution in [3.63, 3.8) is 0 Å². The number of fused-ring (bicyclic) bond motifs is 1. The molecule has 0 radical (unpaired) electrons. The number of nitrogens with zero attached hydrogens (tertiary/aromatic N) is 1. The second-order valence-electron chi connectivity index (χ2n) is 7.43. The molecule has 2 amide bonds. The zero-order valence-electron chi connectivity index (χ0n) is 14.7. The molecule has 0 bridgehead atoms. The lowest BCUT2D eigenvalue weighted by Crippen LogP contribution is -2.49. The molecule has 1 aromatic carbocycles. The summed E-state index contributed by atoms with van der Waals surface area (Å²) in [5, 5.41) is 13.1. The average molecular weight is 320 g/mol. The van der Waals surface area contributed by atoms with Gasteiger partial charge in [0.2, 0.25) is 0 Å². The number of likely N-dealkylation sites (N-methyl/N-ethyl adjacent to an activating group) is 1. The SMILES string of the molecule is CCN(CC(C)(C)O)C(=O)NC1CC(C)(C)Oc2ccccc21. The Morgan fingerprint density at radius 2 is 2.09 bits per heavy atom. The van der Waals surface area contributed by atoms with Crippen LogP contribution in [0.2, 0.25) is 0 Å².